The fourth-order valence-corrected chi connectivity index (χ4v) is 5.74. The Bertz CT molecular complexity index is 790. The first-order chi connectivity index (χ1) is 12.3. The van der Waals surface area contributed by atoms with Crippen LogP contribution in [0.1, 0.15) is 36.2 Å². The van der Waals surface area contributed by atoms with Crippen molar-refractivity contribution in [3.05, 3.63) is 23.3 Å². The van der Waals surface area contributed by atoms with E-state index in [0.29, 0.717) is 11.6 Å². The topological polar surface area (TPSA) is 48.5 Å². The van der Waals surface area contributed by atoms with Crippen molar-refractivity contribution >= 4 is 33.0 Å². The molecule has 2 bridgehead atoms. The van der Waals surface area contributed by atoms with Crippen LogP contribution in [0, 0.1) is 5.92 Å². The molecule has 1 atom stereocenters. The lowest BCUT2D eigenvalue weighted by Gasteiger charge is -2.44. The molecule has 0 saturated carbocycles. The van der Waals surface area contributed by atoms with Gasteiger partial charge in [-0.3, -0.25) is 4.79 Å². The van der Waals surface area contributed by atoms with Crippen LogP contribution < -0.4 is 10.2 Å². The molecule has 0 spiro atoms. The lowest BCUT2D eigenvalue weighted by atomic mass is 9.84. The number of hydrogen-bond acceptors (Lipinski definition) is 5. The smallest absolute Gasteiger partial charge is 0.271 e. The van der Waals surface area contributed by atoms with E-state index in [9.17, 15) is 4.79 Å². The number of carbonyl (C=O) groups excluding carboxylic acids is 1. The lowest BCUT2D eigenvalue weighted by Crippen LogP contribution is -2.57. The molecule has 6 heterocycles. The Kier molecular flexibility index (Phi) is 3.90. The van der Waals surface area contributed by atoms with E-state index in [1.54, 1.807) is 17.5 Å². The van der Waals surface area contributed by atoms with E-state index < -0.39 is 0 Å². The number of aromatic nitrogens is 1. The van der Waals surface area contributed by atoms with E-state index in [-0.39, 0.29) is 11.9 Å². The molecule has 4 fully saturated rings. The van der Waals surface area contributed by atoms with E-state index in [1.165, 1.54) is 49.8 Å². The van der Waals surface area contributed by atoms with Crippen LogP contribution in [0.2, 0.25) is 0 Å². The van der Waals surface area contributed by atoms with Crippen molar-refractivity contribution in [1.29, 1.82) is 0 Å². The summed E-state index contributed by atoms with van der Waals surface area (Å²) in [6.07, 6.45) is 6.73. The van der Waals surface area contributed by atoms with E-state index >= 15 is 0 Å². The molecule has 6 rings (SSSR count). The number of thiophene rings is 1. The van der Waals surface area contributed by atoms with Gasteiger partial charge in [-0.05, 0) is 50.8 Å². The number of fused-ring (bicyclic) bond motifs is 4. The number of hydrogen-bond donors (Lipinski definition) is 1. The maximum absolute atomic E-state index is 12.9. The minimum absolute atomic E-state index is 0.000767. The minimum atomic E-state index is -0.000767. The van der Waals surface area contributed by atoms with Crippen LogP contribution in [0.3, 0.4) is 0 Å². The van der Waals surface area contributed by atoms with Gasteiger partial charge in [0.2, 0.25) is 0 Å². The van der Waals surface area contributed by atoms with Crippen molar-refractivity contribution in [2.75, 3.05) is 37.6 Å². The monoisotopic (exact) mass is 356 g/mol. The highest BCUT2D eigenvalue weighted by Gasteiger charge is 2.35. The third-order valence-electron chi connectivity index (χ3n) is 6.10. The van der Waals surface area contributed by atoms with Crippen molar-refractivity contribution in [2.24, 2.45) is 5.92 Å². The summed E-state index contributed by atoms with van der Waals surface area (Å²) in [5, 5.41) is 6.67. The molecule has 5 nitrogen and oxygen atoms in total. The lowest BCUT2D eigenvalue weighted by molar-refractivity contribution is 0.0619. The van der Waals surface area contributed by atoms with E-state index in [1.807, 2.05) is 0 Å². The second-order valence-electron chi connectivity index (χ2n) is 7.57. The second kappa shape index (κ2) is 6.25. The van der Waals surface area contributed by atoms with Gasteiger partial charge in [0, 0.05) is 42.6 Å². The van der Waals surface area contributed by atoms with Crippen molar-refractivity contribution in [3.8, 4) is 0 Å². The van der Waals surface area contributed by atoms with Crippen molar-refractivity contribution in [1.82, 2.24) is 15.2 Å². The van der Waals surface area contributed by atoms with Crippen LogP contribution in [0.5, 0.6) is 0 Å². The van der Waals surface area contributed by atoms with Gasteiger partial charge in [0.05, 0.1) is 10.4 Å². The first-order valence-electron chi connectivity index (χ1n) is 9.44. The SMILES string of the molecule is O=C(N[C@H]1CN2CCC1CC2)c1nccc2c(N3CCCC3)csc12. The molecule has 4 saturated heterocycles. The predicted molar refractivity (Wildman–Crippen MR) is 101 cm³/mol. The number of rotatable bonds is 3. The van der Waals surface area contributed by atoms with Crippen molar-refractivity contribution in [2.45, 2.75) is 31.7 Å². The zero-order valence-corrected chi connectivity index (χ0v) is 15.2. The first-order valence-corrected chi connectivity index (χ1v) is 10.3. The van der Waals surface area contributed by atoms with Gasteiger partial charge in [-0.25, -0.2) is 4.98 Å². The Morgan fingerprint density at radius 2 is 2.00 bits per heavy atom. The summed E-state index contributed by atoms with van der Waals surface area (Å²) in [6, 6.07) is 2.34. The molecule has 132 valence electrons. The molecule has 4 aliphatic rings. The number of carbonyl (C=O) groups is 1. The molecular formula is C19H24N4OS. The molecular weight excluding hydrogens is 332 g/mol. The van der Waals surface area contributed by atoms with E-state index in [2.05, 4.69) is 31.5 Å². The van der Waals surface area contributed by atoms with Gasteiger partial charge in [0.15, 0.2) is 0 Å². The van der Waals surface area contributed by atoms with Crippen molar-refractivity contribution < 1.29 is 4.79 Å². The third-order valence-corrected chi connectivity index (χ3v) is 7.09. The van der Waals surface area contributed by atoms with Crippen LogP contribution in [-0.4, -0.2) is 54.6 Å². The predicted octanol–water partition coefficient (Wildman–Crippen LogP) is 2.72. The average molecular weight is 356 g/mol. The number of piperidine rings is 3. The van der Waals surface area contributed by atoms with Crippen LogP contribution >= 0.6 is 11.3 Å². The first kappa shape index (κ1) is 15.6. The Balaban J connectivity index is 1.41. The van der Waals surface area contributed by atoms with Crippen molar-refractivity contribution in [3.63, 3.8) is 0 Å². The largest absolute Gasteiger partial charge is 0.370 e. The van der Waals surface area contributed by atoms with Gasteiger partial charge in [0.25, 0.3) is 5.91 Å². The maximum atomic E-state index is 12.9. The summed E-state index contributed by atoms with van der Waals surface area (Å²) in [5.74, 6) is 0.635. The fourth-order valence-electron chi connectivity index (χ4n) is 4.68. The van der Waals surface area contributed by atoms with Gasteiger partial charge in [-0.15, -0.1) is 11.3 Å². The van der Waals surface area contributed by atoms with E-state index in [4.69, 9.17) is 0 Å². The Morgan fingerprint density at radius 1 is 1.20 bits per heavy atom. The second-order valence-corrected chi connectivity index (χ2v) is 8.45. The molecule has 0 radical (unpaired) electrons. The van der Waals surface area contributed by atoms with Crippen LogP contribution in [0.25, 0.3) is 10.1 Å². The fraction of sp³-hybridized carbons (Fsp3) is 0.579. The summed E-state index contributed by atoms with van der Waals surface area (Å²) in [6.45, 7) is 5.62. The number of anilines is 1. The summed E-state index contributed by atoms with van der Waals surface area (Å²) in [5.41, 5.74) is 1.88. The average Bonchev–Trinajstić information content (AvgIpc) is 3.31. The Morgan fingerprint density at radius 3 is 2.72 bits per heavy atom. The zero-order chi connectivity index (χ0) is 16.8. The minimum Gasteiger partial charge on any atom is -0.370 e. The summed E-state index contributed by atoms with van der Waals surface area (Å²) in [4.78, 5) is 22.3. The summed E-state index contributed by atoms with van der Waals surface area (Å²) in [7, 11) is 0. The highest BCUT2D eigenvalue weighted by molar-refractivity contribution is 7.18. The van der Waals surface area contributed by atoms with Gasteiger partial charge in [0.1, 0.15) is 5.69 Å². The zero-order valence-electron chi connectivity index (χ0n) is 14.4. The van der Waals surface area contributed by atoms with Crippen LogP contribution in [-0.2, 0) is 0 Å². The maximum Gasteiger partial charge on any atom is 0.271 e. The molecule has 0 unspecified atom stereocenters. The Hall–Kier alpha value is -1.66. The van der Waals surface area contributed by atoms with Crippen LogP contribution in [0.15, 0.2) is 17.6 Å². The van der Waals surface area contributed by atoms with Gasteiger partial charge in [-0.2, -0.15) is 0 Å². The normalized spacial score (nSPS) is 28.6. The van der Waals surface area contributed by atoms with Gasteiger partial charge in [-0.1, -0.05) is 0 Å². The molecule has 2 aromatic rings. The van der Waals surface area contributed by atoms with Crippen LogP contribution in [0.4, 0.5) is 5.69 Å². The number of nitrogens with one attached hydrogen (secondary N) is 1. The molecule has 6 heteroatoms. The summed E-state index contributed by atoms with van der Waals surface area (Å²) < 4.78 is 1.03. The Labute approximate surface area is 152 Å². The molecule has 2 aromatic heterocycles. The van der Waals surface area contributed by atoms with Gasteiger partial charge >= 0.3 is 0 Å². The third kappa shape index (κ3) is 2.72. The standard InChI is InChI=1S/C19H24N4OS/c24-19(21-15-11-22-9-4-13(15)5-10-22)17-18-14(3-6-20-17)16(12-25-18)23-7-1-2-8-23/h3,6,12-13,15H,1-2,4-5,7-11H2,(H,21,24)/t15-/m0/s1. The summed E-state index contributed by atoms with van der Waals surface area (Å²) >= 11 is 1.66. The molecule has 0 aliphatic carbocycles. The highest BCUT2D eigenvalue weighted by atomic mass is 32.1. The number of amides is 1. The highest BCUT2D eigenvalue weighted by Crippen LogP contribution is 2.36. The molecule has 4 aliphatic heterocycles. The molecule has 1 amide bonds. The molecule has 1 N–H and O–H groups in total. The van der Waals surface area contributed by atoms with Gasteiger partial charge < -0.3 is 15.1 Å². The number of pyridine rings is 1. The number of nitrogens with zero attached hydrogens (tertiary/aromatic N) is 3. The molecule has 0 aromatic carbocycles. The molecule has 25 heavy (non-hydrogen) atoms. The quantitative estimate of drug-likeness (QED) is 0.919. The van der Waals surface area contributed by atoms with E-state index in [0.717, 1.165) is 24.3 Å².